The van der Waals surface area contributed by atoms with Crippen molar-refractivity contribution in [1.82, 2.24) is 0 Å². The van der Waals surface area contributed by atoms with Crippen LogP contribution in [0.25, 0.3) is 0 Å². The van der Waals surface area contributed by atoms with Gasteiger partial charge in [0, 0.05) is 16.7 Å². The zero-order valence-electron chi connectivity index (χ0n) is 12.4. The van der Waals surface area contributed by atoms with E-state index in [2.05, 4.69) is 0 Å². The van der Waals surface area contributed by atoms with Gasteiger partial charge in [-0.05, 0) is 36.8 Å². The minimum absolute atomic E-state index is 0.0230. The van der Waals surface area contributed by atoms with Gasteiger partial charge < -0.3 is 14.6 Å². The summed E-state index contributed by atoms with van der Waals surface area (Å²) < 4.78 is 10.4. The number of fused-ring (bicyclic) bond motifs is 2. The van der Waals surface area contributed by atoms with Crippen molar-refractivity contribution in [2.45, 2.75) is 6.92 Å². The summed E-state index contributed by atoms with van der Waals surface area (Å²) in [7, 11) is 2.88. The number of carbonyl (C=O) groups excluding carboxylic acids is 2. The van der Waals surface area contributed by atoms with Crippen molar-refractivity contribution in [2.24, 2.45) is 0 Å². The fourth-order valence-corrected chi connectivity index (χ4v) is 2.69. The molecule has 1 aliphatic rings. The number of phenols is 1. The second-order valence-corrected chi connectivity index (χ2v) is 5.07. The van der Waals surface area contributed by atoms with E-state index in [0.29, 0.717) is 16.9 Å². The molecule has 0 aromatic heterocycles. The van der Waals surface area contributed by atoms with Gasteiger partial charge >= 0.3 is 0 Å². The Morgan fingerprint density at radius 3 is 2.23 bits per heavy atom. The van der Waals surface area contributed by atoms with Crippen LogP contribution in [0.1, 0.15) is 37.4 Å². The van der Waals surface area contributed by atoms with Crippen molar-refractivity contribution in [2.75, 3.05) is 14.2 Å². The lowest BCUT2D eigenvalue weighted by atomic mass is 9.82. The molecule has 0 radical (unpaired) electrons. The van der Waals surface area contributed by atoms with E-state index < -0.39 is 0 Å². The van der Waals surface area contributed by atoms with Crippen LogP contribution >= 0.6 is 0 Å². The lowest BCUT2D eigenvalue weighted by Crippen LogP contribution is -2.22. The molecule has 0 aliphatic heterocycles. The fourth-order valence-electron chi connectivity index (χ4n) is 2.69. The van der Waals surface area contributed by atoms with Crippen molar-refractivity contribution in [3.05, 3.63) is 52.1 Å². The molecule has 0 bridgehead atoms. The highest BCUT2D eigenvalue weighted by Crippen LogP contribution is 2.40. The molecule has 0 saturated heterocycles. The Bertz CT molecular complexity index is 820. The van der Waals surface area contributed by atoms with Crippen LogP contribution in [0.5, 0.6) is 17.2 Å². The van der Waals surface area contributed by atoms with Gasteiger partial charge in [0.05, 0.1) is 19.8 Å². The number of carbonyl (C=O) groups is 2. The second kappa shape index (κ2) is 4.87. The second-order valence-electron chi connectivity index (χ2n) is 5.07. The van der Waals surface area contributed by atoms with Crippen LogP contribution in [-0.4, -0.2) is 30.9 Å². The number of methoxy groups -OCH3 is 2. The highest BCUT2D eigenvalue weighted by atomic mass is 16.5. The minimum atomic E-state index is -0.365. The van der Waals surface area contributed by atoms with E-state index in [4.69, 9.17) is 9.47 Å². The Morgan fingerprint density at radius 2 is 1.59 bits per heavy atom. The molecule has 22 heavy (non-hydrogen) atoms. The molecule has 112 valence electrons. The SMILES string of the molecule is COc1ccc2c(c1OC)C(=O)c1cc(O)c(C)cc1C2=O. The van der Waals surface area contributed by atoms with Gasteiger partial charge in [-0.15, -0.1) is 0 Å². The topological polar surface area (TPSA) is 72.8 Å². The average molecular weight is 298 g/mol. The van der Waals surface area contributed by atoms with Crippen LogP contribution in [0.2, 0.25) is 0 Å². The molecule has 2 aromatic carbocycles. The Balaban J connectivity index is 2.34. The molecule has 1 N–H and O–H groups in total. The summed E-state index contributed by atoms with van der Waals surface area (Å²) in [6.07, 6.45) is 0. The van der Waals surface area contributed by atoms with Gasteiger partial charge in [0.15, 0.2) is 23.1 Å². The zero-order chi connectivity index (χ0) is 16.0. The number of hydrogen-bond acceptors (Lipinski definition) is 5. The normalized spacial score (nSPS) is 12.7. The highest BCUT2D eigenvalue weighted by molar-refractivity contribution is 6.29. The number of ether oxygens (including phenoxy) is 2. The van der Waals surface area contributed by atoms with E-state index in [9.17, 15) is 14.7 Å². The smallest absolute Gasteiger partial charge is 0.198 e. The summed E-state index contributed by atoms with van der Waals surface area (Å²) in [5, 5.41) is 9.84. The van der Waals surface area contributed by atoms with Gasteiger partial charge in [0.2, 0.25) is 0 Å². The highest BCUT2D eigenvalue weighted by Gasteiger charge is 2.34. The molecule has 5 nitrogen and oxygen atoms in total. The maximum Gasteiger partial charge on any atom is 0.198 e. The third-order valence-electron chi connectivity index (χ3n) is 3.84. The monoisotopic (exact) mass is 298 g/mol. The molecule has 0 heterocycles. The molecule has 0 unspecified atom stereocenters. The molecule has 2 aromatic rings. The Morgan fingerprint density at radius 1 is 0.909 bits per heavy atom. The predicted octanol–water partition coefficient (Wildman–Crippen LogP) is 2.49. The van der Waals surface area contributed by atoms with E-state index in [0.717, 1.165) is 0 Å². The standard InChI is InChI=1S/C17H14O5/c1-8-6-10-11(7-12(8)18)16(20)14-9(15(10)19)4-5-13(21-2)17(14)22-3/h4-7,18H,1-3H3. The quantitative estimate of drug-likeness (QED) is 0.787. The van der Waals surface area contributed by atoms with Gasteiger partial charge in [0.1, 0.15) is 5.75 Å². The molecule has 0 amide bonds. The summed E-state index contributed by atoms with van der Waals surface area (Å²) in [6.45, 7) is 1.68. The largest absolute Gasteiger partial charge is 0.508 e. The summed E-state index contributed by atoms with van der Waals surface area (Å²) in [5.74, 6) is -0.0548. The van der Waals surface area contributed by atoms with Gasteiger partial charge in [-0.1, -0.05) is 0 Å². The van der Waals surface area contributed by atoms with Crippen LogP contribution in [0.15, 0.2) is 24.3 Å². The first-order valence-corrected chi connectivity index (χ1v) is 6.67. The number of benzene rings is 2. The van der Waals surface area contributed by atoms with Crippen molar-refractivity contribution >= 4 is 11.6 Å². The lowest BCUT2D eigenvalue weighted by Gasteiger charge is -2.21. The molecular formula is C17H14O5. The third kappa shape index (κ3) is 1.79. The summed E-state index contributed by atoms with van der Waals surface area (Å²) in [4.78, 5) is 25.4. The van der Waals surface area contributed by atoms with Crippen molar-refractivity contribution in [3.63, 3.8) is 0 Å². The number of ketones is 2. The number of rotatable bonds is 2. The Labute approximate surface area is 127 Å². The lowest BCUT2D eigenvalue weighted by molar-refractivity contribution is 0.0975. The van der Waals surface area contributed by atoms with Crippen molar-refractivity contribution in [3.8, 4) is 17.2 Å². The van der Waals surface area contributed by atoms with Crippen molar-refractivity contribution < 1.29 is 24.2 Å². The average Bonchev–Trinajstić information content (AvgIpc) is 2.53. The van der Waals surface area contributed by atoms with Crippen LogP contribution in [0.3, 0.4) is 0 Å². The fraction of sp³-hybridized carbons (Fsp3) is 0.176. The van der Waals surface area contributed by atoms with Gasteiger partial charge in [-0.2, -0.15) is 0 Å². The maximum absolute atomic E-state index is 12.8. The molecule has 0 atom stereocenters. The summed E-state index contributed by atoms with van der Waals surface area (Å²) in [5.41, 5.74) is 1.46. The first-order chi connectivity index (χ1) is 10.5. The first kappa shape index (κ1) is 14.1. The molecule has 3 rings (SSSR count). The van der Waals surface area contributed by atoms with E-state index in [-0.39, 0.29) is 39.8 Å². The van der Waals surface area contributed by atoms with Gasteiger partial charge in [0.25, 0.3) is 0 Å². The Hall–Kier alpha value is -2.82. The van der Waals surface area contributed by atoms with E-state index >= 15 is 0 Å². The molecule has 1 aliphatic carbocycles. The van der Waals surface area contributed by atoms with Crippen LogP contribution in [0.4, 0.5) is 0 Å². The first-order valence-electron chi connectivity index (χ1n) is 6.67. The van der Waals surface area contributed by atoms with Crippen LogP contribution < -0.4 is 9.47 Å². The number of hydrogen-bond donors (Lipinski definition) is 1. The minimum Gasteiger partial charge on any atom is -0.508 e. The number of aryl methyl sites for hydroxylation is 1. The van der Waals surface area contributed by atoms with Gasteiger partial charge in [-0.3, -0.25) is 9.59 Å². The maximum atomic E-state index is 12.8. The van der Waals surface area contributed by atoms with E-state index in [1.54, 1.807) is 19.1 Å². The van der Waals surface area contributed by atoms with E-state index in [1.165, 1.54) is 26.4 Å². The number of aromatic hydroxyl groups is 1. The Kier molecular flexibility index (Phi) is 3.13. The summed E-state index contributed by atoms with van der Waals surface area (Å²) >= 11 is 0. The molecule has 0 fully saturated rings. The molecule has 0 saturated carbocycles. The van der Waals surface area contributed by atoms with Gasteiger partial charge in [-0.25, -0.2) is 0 Å². The van der Waals surface area contributed by atoms with E-state index in [1.807, 2.05) is 0 Å². The molecule has 5 heteroatoms. The van der Waals surface area contributed by atoms with Crippen molar-refractivity contribution in [1.29, 1.82) is 0 Å². The summed E-state index contributed by atoms with van der Waals surface area (Å²) in [6, 6.07) is 6.01. The molecule has 0 spiro atoms. The zero-order valence-corrected chi connectivity index (χ0v) is 12.4. The van der Waals surface area contributed by atoms with Crippen LogP contribution in [0, 0.1) is 6.92 Å². The van der Waals surface area contributed by atoms with Crippen LogP contribution in [-0.2, 0) is 0 Å². The predicted molar refractivity (Wildman–Crippen MR) is 79.3 cm³/mol. The molecular weight excluding hydrogens is 284 g/mol. The number of phenolic OH excluding ortho intramolecular Hbond substituents is 1. The third-order valence-corrected chi connectivity index (χ3v) is 3.84.